The molecule has 24 heavy (non-hydrogen) atoms. The second kappa shape index (κ2) is 67.5. The molecule has 0 unspecified atom stereocenters. The van der Waals surface area contributed by atoms with Crippen molar-refractivity contribution in [1.82, 2.24) is 0 Å². The van der Waals surface area contributed by atoms with Crippen LogP contribution in [0.2, 0.25) is 0 Å². The molecule has 0 atom stereocenters. The van der Waals surface area contributed by atoms with Gasteiger partial charge in [0.25, 0.3) is 0 Å². The van der Waals surface area contributed by atoms with Crippen molar-refractivity contribution >= 4 is 5.90 Å². The minimum atomic E-state index is -1.75. The zero-order valence-electron chi connectivity index (χ0n) is 12.5. The molecule has 0 saturated carbocycles. The average molecular weight is 550 g/mol. The van der Waals surface area contributed by atoms with E-state index in [-0.39, 0.29) is 51.8 Å². The predicted molar refractivity (Wildman–Crippen MR) is 75.9 cm³/mol. The zero-order valence-corrected chi connectivity index (χ0v) is 15.6. The fraction of sp³-hybridized carbons (Fsp3) is 0.833. The summed E-state index contributed by atoms with van der Waals surface area (Å²) in [6.45, 7) is 3.58. The van der Waals surface area contributed by atoms with Gasteiger partial charge in [0.15, 0.2) is 0 Å². The first-order valence-electron chi connectivity index (χ1n) is 4.68. The third-order valence-electron chi connectivity index (χ3n) is 0.333. The summed E-state index contributed by atoms with van der Waals surface area (Å²) in [6, 6.07) is 0. The van der Waals surface area contributed by atoms with E-state index in [1.54, 1.807) is 0 Å². The van der Waals surface area contributed by atoms with Gasteiger partial charge in [-0.2, -0.15) is 0 Å². The van der Waals surface area contributed by atoms with Gasteiger partial charge in [-0.25, -0.2) is 0 Å². The van der Waals surface area contributed by atoms with Crippen LogP contribution in [0, 0.1) is 36.1 Å². The van der Waals surface area contributed by atoms with Crippen molar-refractivity contribution in [2.24, 2.45) is 22.9 Å². The minimum absolute atomic E-state index is 0. The maximum Gasteiger partial charge on any atom is 2.00 e. The quantitative estimate of drug-likeness (QED) is 0.0716. The second-order valence-electron chi connectivity index (χ2n) is 2.16. The van der Waals surface area contributed by atoms with E-state index in [1.165, 1.54) is 6.92 Å². The van der Waals surface area contributed by atoms with Crippen LogP contribution >= 0.6 is 0 Å². The summed E-state index contributed by atoms with van der Waals surface area (Å²) in [5, 5.41) is 44.6. The van der Waals surface area contributed by atoms with Crippen LogP contribution in [-0.2, 0) is 40.8 Å². The van der Waals surface area contributed by atoms with Crippen LogP contribution < -0.4 is 28.0 Å². The summed E-state index contributed by atoms with van der Waals surface area (Å²) in [6.07, 6.45) is 0. The van der Waals surface area contributed by atoms with E-state index in [9.17, 15) is 0 Å². The van der Waals surface area contributed by atoms with Gasteiger partial charge in [-0.1, -0.05) is 0 Å². The average Bonchev–Trinajstić information content (AvgIpc) is 2.26. The molecule has 12 N–H and O–H groups in total. The van der Waals surface area contributed by atoms with Crippen molar-refractivity contribution in [3.8, 4) is 0 Å². The summed E-state index contributed by atoms with van der Waals surface area (Å²) in [5.74, 6) is -0.583. The molecule has 0 amide bonds. The van der Waals surface area contributed by atoms with E-state index in [0.29, 0.717) is 26.2 Å². The van der Waals surface area contributed by atoms with Crippen LogP contribution in [0.4, 0.5) is 0 Å². The largest absolute Gasteiger partial charge is 2.00 e. The van der Waals surface area contributed by atoms with Crippen molar-refractivity contribution in [3.63, 3.8) is 0 Å². The van der Waals surface area contributed by atoms with Crippen LogP contribution in [0.15, 0.2) is 0 Å². The summed E-state index contributed by atoms with van der Waals surface area (Å²) >= 11 is 0. The van der Waals surface area contributed by atoms with Crippen LogP contribution in [0.5, 0.6) is 0 Å². The molecular weight excluding hydrogens is 527 g/mol. The number of hydrogen-bond donors (Lipinski definition) is 5. The van der Waals surface area contributed by atoms with Crippen LogP contribution in [0.25, 0.3) is 0 Å². The Morgan fingerprint density at radius 1 is 0.833 bits per heavy atom. The smallest absolute Gasteiger partial charge is 0.870 e. The molecule has 0 fully saturated rings. The second-order valence-corrected chi connectivity index (χ2v) is 2.16. The van der Waals surface area contributed by atoms with Gasteiger partial charge in [-0.3, -0.25) is 0 Å². The monoisotopic (exact) mass is 549 g/mol. The molecule has 0 bridgehead atoms. The molecule has 156 valence electrons. The first kappa shape index (κ1) is 56.8. The Labute approximate surface area is 165 Å². The van der Waals surface area contributed by atoms with Gasteiger partial charge >= 0.3 is 40.8 Å². The Balaban J connectivity index is -0.0000000161. The Morgan fingerprint density at radius 3 is 0.875 bits per heavy atom. The SMILES string of the molecule is CC(=N)[O-].NCCN.NCCN.O.O=[N+]([O-])[O-].O=[N+]([O-])[O-].[OH-].[Pd+2].[Pd+2]. The molecule has 0 heterocycles. The van der Waals surface area contributed by atoms with E-state index in [0.717, 1.165) is 0 Å². The van der Waals surface area contributed by atoms with E-state index in [1.807, 2.05) is 0 Å². The Bertz CT molecular complexity index is 180. The van der Waals surface area contributed by atoms with E-state index in [4.69, 9.17) is 64.1 Å². The zero-order chi connectivity index (χ0) is 17.6. The maximum absolute atomic E-state index is 9.11. The number of nitrogens with one attached hydrogen (secondary N) is 1. The molecule has 0 aliphatic heterocycles. The molecular formula is C6H23N7O9Pd2. The van der Waals surface area contributed by atoms with Crippen molar-refractivity contribution in [3.05, 3.63) is 30.6 Å². The van der Waals surface area contributed by atoms with Crippen molar-refractivity contribution in [2.45, 2.75) is 6.92 Å². The van der Waals surface area contributed by atoms with Gasteiger partial charge in [0.1, 0.15) is 0 Å². The fourth-order valence-electron chi connectivity index (χ4n) is 0. The third kappa shape index (κ3) is 9160. The Morgan fingerprint density at radius 2 is 0.875 bits per heavy atom. The topological polar surface area (TPSA) is 345 Å². The van der Waals surface area contributed by atoms with Crippen LogP contribution in [0.3, 0.4) is 0 Å². The number of nitrogens with zero attached hydrogens (tertiary/aromatic N) is 2. The number of hydrogen-bond acceptors (Lipinski definition) is 13. The molecule has 16 nitrogen and oxygen atoms in total. The van der Waals surface area contributed by atoms with Gasteiger partial charge in [-0.05, 0) is 12.8 Å². The molecule has 0 aromatic carbocycles. The van der Waals surface area contributed by atoms with Gasteiger partial charge in [0, 0.05) is 26.2 Å². The fourth-order valence-corrected chi connectivity index (χ4v) is 0. The van der Waals surface area contributed by atoms with Crippen LogP contribution in [0.1, 0.15) is 6.92 Å². The molecule has 0 rings (SSSR count). The van der Waals surface area contributed by atoms with Crippen LogP contribution in [-0.4, -0.2) is 53.2 Å². The molecule has 0 spiro atoms. The maximum atomic E-state index is 9.11. The standard InChI is InChI=1S/2C2H8N2.C2H5NO.2NO3.2H2O.2Pd/c2*3-1-2-4;1-2(3)4;2*2-1(3)4;;;;/h2*1-4H2;1H3,(H2,3,4);;;2*1H2;;/q;;;2*-1;;;2*+2/p-2. The Hall–Kier alpha value is -1.05. The normalized spacial score (nSPS) is 5.54. The molecule has 0 saturated heterocycles. The molecule has 0 radical (unpaired) electrons. The summed E-state index contributed by atoms with van der Waals surface area (Å²) in [5.41, 5.74) is 19.6. The number of rotatable bonds is 2. The summed E-state index contributed by atoms with van der Waals surface area (Å²) < 4.78 is 0. The molecule has 0 aliphatic rings. The summed E-state index contributed by atoms with van der Waals surface area (Å²) in [4.78, 5) is 16.5. The predicted octanol–water partition coefficient (Wildman–Crippen LogP) is -4.33. The molecule has 0 aromatic heterocycles. The van der Waals surface area contributed by atoms with Crippen molar-refractivity contribution in [2.75, 3.05) is 26.2 Å². The summed E-state index contributed by atoms with van der Waals surface area (Å²) in [7, 11) is 0. The van der Waals surface area contributed by atoms with Crippen molar-refractivity contribution < 1.29 is 67.1 Å². The molecule has 18 heteroatoms. The van der Waals surface area contributed by atoms with Gasteiger partial charge < -0.3 is 75.0 Å². The Kier molecular flexibility index (Phi) is 160. The van der Waals surface area contributed by atoms with Gasteiger partial charge in [-0.15, -0.1) is 0 Å². The first-order valence-corrected chi connectivity index (χ1v) is 4.68. The van der Waals surface area contributed by atoms with E-state index in [2.05, 4.69) is 0 Å². The first-order chi connectivity index (χ1) is 9.02. The molecule has 0 aliphatic carbocycles. The van der Waals surface area contributed by atoms with Gasteiger partial charge in [0.2, 0.25) is 0 Å². The number of nitrogens with two attached hydrogens (primary N) is 4. The third-order valence-corrected chi connectivity index (χ3v) is 0.333. The molecule has 0 aromatic rings. The van der Waals surface area contributed by atoms with E-state index < -0.39 is 16.1 Å². The van der Waals surface area contributed by atoms with Crippen molar-refractivity contribution in [1.29, 1.82) is 5.41 Å². The van der Waals surface area contributed by atoms with E-state index >= 15 is 0 Å². The minimum Gasteiger partial charge on any atom is -0.870 e. The van der Waals surface area contributed by atoms with Gasteiger partial charge in [0.05, 0.1) is 10.2 Å².